The minimum atomic E-state index is -3.43. The van der Waals surface area contributed by atoms with Gasteiger partial charge in [-0.2, -0.15) is 0 Å². The van der Waals surface area contributed by atoms with Gasteiger partial charge in [-0.3, -0.25) is 9.59 Å². The van der Waals surface area contributed by atoms with Crippen molar-refractivity contribution in [1.29, 1.82) is 0 Å². The number of carbonyl (C=O) groups excluding carboxylic acids is 2. The number of aromatic hydroxyl groups is 1. The average Bonchev–Trinajstić information content (AvgIpc) is 2.86. The monoisotopic (exact) mass is 344 g/mol. The van der Waals surface area contributed by atoms with Crippen LogP contribution in [0, 0.1) is 0 Å². The zero-order valence-corrected chi connectivity index (χ0v) is 13.5. The van der Waals surface area contributed by atoms with Gasteiger partial charge in [-0.05, 0) is 18.2 Å². The van der Waals surface area contributed by atoms with Crippen LogP contribution in [0.5, 0.6) is 5.75 Å². The number of hydrogen-bond acceptors (Lipinski definition) is 6. The Bertz CT molecular complexity index is 702. The number of phenols is 1. The first-order chi connectivity index (χ1) is 10.3. The number of amides is 2. The first-order valence-corrected chi connectivity index (χ1v) is 9.35. The molecule has 0 atom stereocenters. The summed E-state index contributed by atoms with van der Waals surface area (Å²) in [4.78, 5) is 24.8. The fourth-order valence-corrected chi connectivity index (χ4v) is 3.69. The summed E-state index contributed by atoms with van der Waals surface area (Å²) < 4.78 is 23.6. The summed E-state index contributed by atoms with van der Waals surface area (Å²) in [6.07, 6.45) is 0. The molecular formula is C13H16N2O5S2. The van der Waals surface area contributed by atoms with Gasteiger partial charge < -0.3 is 15.3 Å². The van der Waals surface area contributed by atoms with Gasteiger partial charge >= 0.3 is 0 Å². The van der Waals surface area contributed by atoms with Crippen LogP contribution >= 0.6 is 11.8 Å². The molecule has 0 aromatic heterocycles. The van der Waals surface area contributed by atoms with Crippen molar-refractivity contribution in [3.05, 3.63) is 18.2 Å². The predicted octanol–water partition coefficient (Wildman–Crippen LogP) is 0.657. The van der Waals surface area contributed by atoms with Gasteiger partial charge in [0.25, 0.3) is 0 Å². The SMILES string of the molecule is CCS(=O)(=O)c1ccc(O)c(NC(=O)CN2CSCC2=O)c1. The number of rotatable bonds is 5. The summed E-state index contributed by atoms with van der Waals surface area (Å²) in [5, 5.41) is 12.2. The van der Waals surface area contributed by atoms with E-state index in [1.54, 1.807) is 0 Å². The molecule has 0 spiro atoms. The van der Waals surface area contributed by atoms with E-state index in [2.05, 4.69) is 5.32 Å². The van der Waals surface area contributed by atoms with Crippen LogP contribution in [-0.4, -0.2) is 54.2 Å². The molecule has 0 aliphatic carbocycles. The third-order valence-electron chi connectivity index (χ3n) is 3.14. The third-order valence-corrected chi connectivity index (χ3v) is 5.82. The Balaban J connectivity index is 2.13. The molecule has 1 fully saturated rings. The lowest BCUT2D eigenvalue weighted by molar-refractivity contribution is -0.130. The molecule has 120 valence electrons. The molecule has 1 aliphatic rings. The summed E-state index contributed by atoms with van der Waals surface area (Å²) in [6.45, 7) is 1.38. The van der Waals surface area contributed by atoms with E-state index >= 15 is 0 Å². The van der Waals surface area contributed by atoms with Crippen LogP contribution in [0.2, 0.25) is 0 Å². The summed E-state index contributed by atoms with van der Waals surface area (Å²) in [6, 6.07) is 3.71. The molecule has 1 heterocycles. The van der Waals surface area contributed by atoms with Gasteiger partial charge in [0.05, 0.1) is 28.0 Å². The number of phenolic OH excluding ortho intramolecular Hbond substituents is 1. The Labute approximate surface area is 132 Å². The first kappa shape index (κ1) is 16.6. The number of carbonyl (C=O) groups is 2. The molecule has 7 nitrogen and oxygen atoms in total. The van der Waals surface area contributed by atoms with Gasteiger partial charge in [0.2, 0.25) is 11.8 Å². The maximum atomic E-state index is 11.9. The van der Waals surface area contributed by atoms with Crippen LogP contribution in [0.1, 0.15) is 6.92 Å². The highest BCUT2D eigenvalue weighted by atomic mass is 32.2. The Morgan fingerprint density at radius 2 is 2.18 bits per heavy atom. The largest absolute Gasteiger partial charge is 0.506 e. The van der Waals surface area contributed by atoms with Crippen molar-refractivity contribution < 1.29 is 23.1 Å². The van der Waals surface area contributed by atoms with Gasteiger partial charge in [0, 0.05) is 0 Å². The maximum Gasteiger partial charge on any atom is 0.244 e. The number of hydrogen-bond donors (Lipinski definition) is 2. The van der Waals surface area contributed by atoms with E-state index in [0.717, 1.165) is 0 Å². The molecule has 2 amide bonds. The maximum absolute atomic E-state index is 11.9. The van der Waals surface area contributed by atoms with Crippen LogP contribution < -0.4 is 5.32 Å². The quantitative estimate of drug-likeness (QED) is 0.761. The molecule has 1 saturated heterocycles. The Kier molecular flexibility index (Phi) is 4.97. The standard InChI is InChI=1S/C13H16N2O5S2/c1-2-22(19,20)9-3-4-11(16)10(5-9)14-12(17)6-15-8-21-7-13(15)18/h3-5,16H,2,6-8H2,1H3,(H,14,17). The van der Waals surface area contributed by atoms with E-state index in [1.807, 2.05) is 0 Å². The van der Waals surface area contributed by atoms with Crippen LogP contribution in [0.3, 0.4) is 0 Å². The van der Waals surface area contributed by atoms with Crippen LogP contribution in [0.25, 0.3) is 0 Å². The Morgan fingerprint density at radius 1 is 1.45 bits per heavy atom. The number of nitrogens with one attached hydrogen (secondary N) is 1. The van der Waals surface area contributed by atoms with Crippen molar-refractivity contribution in [2.24, 2.45) is 0 Å². The zero-order valence-electron chi connectivity index (χ0n) is 11.9. The van der Waals surface area contributed by atoms with E-state index < -0.39 is 15.7 Å². The molecule has 0 radical (unpaired) electrons. The lowest BCUT2D eigenvalue weighted by atomic mass is 10.3. The van der Waals surface area contributed by atoms with E-state index in [4.69, 9.17) is 0 Å². The molecular weight excluding hydrogens is 328 g/mol. The van der Waals surface area contributed by atoms with Crippen LogP contribution in [0.4, 0.5) is 5.69 Å². The lowest BCUT2D eigenvalue weighted by Gasteiger charge is -2.15. The summed E-state index contributed by atoms with van der Waals surface area (Å²) >= 11 is 1.42. The second kappa shape index (κ2) is 6.57. The minimum Gasteiger partial charge on any atom is -0.506 e. The zero-order chi connectivity index (χ0) is 16.3. The first-order valence-electron chi connectivity index (χ1n) is 6.54. The van der Waals surface area contributed by atoms with Gasteiger partial charge in [0.15, 0.2) is 9.84 Å². The van der Waals surface area contributed by atoms with Crippen molar-refractivity contribution in [3.8, 4) is 5.75 Å². The molecule has 1 aliphatic heterocycles. The van der Waals surface area contributed by atoms with Crippen molar-refractivity contribution in [2.45, 2.75) is 11.8 Å². The number of benzene rings is 1. The number of anilines is 1. The minimum absolute atomic E-state index is 0.0128. The van der Waals surface area contributed by atoms with Crippen molar-refractivity contribution in [2.75, 3.05) is 29.2 Å². The van der Waals surface area contributed by atoms with Crippen LogP contribution in [-0.2, 0) is 19.4 Å². The smallest absolute Gasteiger partial charge is 0.244 e. The highest BCUT2D eigenvalue weighted by Gasteiger charge is 2.23. The lowest BCUT2D eigenvalue weighted by Crippen LogP contribution is -2.34. The normalized spacial score (nSPS) is 15.1. The topological polar surface area (TPSA) is 104 Å². The van der Waals surface area contributed by atoms with Crippen molar-refractivity contribution in [1.82, 2.24) is 4.90 Å². The molecule has 2 N–H and O–H groups in total. The fraction of sp³-hybridized carbons (Fsp3) is 0.385. The molecule has 1 aromatic rings. The highest BCUT2D eigenvalue weighted by molar-refractivity contribution is 8.00. The van der Waals surface area contributed by atoms with Gasteiger partial charge in [0.1, 0.15) is 12.3 Å². The fourth-order valence-electron chi connectivity index (χ4n) is 1.88. The van der Waals surface area contributed by atoms with E-state index in [1.165, 1.54) is 41.8 Å². The molecule has 1 aromatic carbocycles. The second-order valence-electron chi connectivity index (χ2n) is 4.70. The average molecular weight is 344 g/mol. The third kappa shape index (κ3) is 3.72. The Morgan fingerprint density at radius 3 is 2.77 bits per heavy atom. The Hall–Kier alpha value is -1.74. The van der Waals surface area contributed by atoms with Gasteiger partial charge in [-0.25, -0.2) is 8.42 Å². The predicted molar refractivity (Wildman–Crippen MR) is 83.5 cm³/mol. The number of thioether (sulfide) groups is 1. The van der Waals surface area contributed by atoms with Crippen molar-refractivity contribution >= 4 is 39.1 Å². The molecule has 2 rings (SSSR count). The molecule has 22 heavy (non-hydrogen) atoms. The van der Waals surface area contributed by atoms with Gasteiger partial charge in [-0.1, -0.05) is 6.92 Å². The van der Waals surface area contributed by atoms with Gasteiger partial charge in [-0.15, -0.1) is 11.8 Å². The van der Waals surface area contributed by atoms with Crippen molar-refractivity contribution in [3.63, 3.8) is 0 Å². The molecule has 0 saturated carbocycles. The molecule has 9 heteroatoms. The molecule has 0 unspecified atom stereocenters. The van der Waals surface area contributed by atoms with E-state index in [9.17, 15) is 23.1 Å². The summed E-state index contributed by atoms with van der Waals surface area (Å²) in [7, 11) is -3.43. The molecule has 0 bridgehead atoms. The van der Waals surface area contributed by atoms with E-state index in [-0.39, 0.29) is 34.5 Å². The van der Waals surface area contributed by atoms with Crippen LogP contribution in [0.15, 0.2) is 23.1 Å². The second-order valence-corrected chi connectivity index (χ2v) is 7.93. The number of sulfone groups is 1. The summed E-state index contributed by atoms with van der Waals surface area (Å²) in [5.41, 5.74) is 0.0128. The number of nitrogens with zero attached hydrogens (tertiary/aromatic N) is 1. The summed E-state index contributed by atoms with van der Waals surface area (Å²) in [5.74, 6) is -0.120. The van der Waals surface area contributed by atoms with E-state index in [0.29, 0.717) is 11.6 Å². The highest BCUT2D eigenvalue weighted by Crippen LogP contribution is 2.27.